The standard InChI is InChI=1S/C13H18O2S/c1-10-7-11(8-14)4-5-13(10)16-9-12-3-2-6-15-12/h4-5,7,12,14H,2-3,6,8-9H2,1H3. The zero-order valence-corrected chi connectivity index (χ0v) is 10.4. The van der Waals surface area contributed by atoms with Gasteiger partial charge < -0.3 is 9.84 Å². The van der Waals surface area contributed by atoms with Crippen molar-refractivity contribution in [3.05, 3.63) is 29.3 Å². The van der Waals surface area contributed by atoms with Crippen LogP contribution in [0.25, 0.3) is 0 Å². The van der Waals surface area contributed by atoms with E-state index in [0.29, 0.717) is 6.10 Å². The summed E-state index contributed by atoms with van der Waals surface area (Å²) in [6.07, 6.45) is 2.83. The van der Waals surface area contributed by atoms with Gasteiger partial charge in [0.05, 0.1) is 12.7 Å². The largest absolute Gasteiger partial charge is 0.392 e. The molecule has 1 N–H and O–H groups in total. The van der Waals surface area contributed by atoms with Crippen molar-refractivity contribution in [1.29, 1.82) is 0 Å². The number of aliphatic hydroxyl groups is 1. The van der Waals surface area contributed by atoms with Gasteiger partial charge in [0.1, 0.15) is 0 Å². The lowest BCUT2D eigenvalue weighted by molar-refractivity contribution is 0.129. The van der Waals surface area contributed by atoms with Crippen LogP contribution in [0.2, 0.25) is 0 Å². The Morgan fingerprint density at radius 1 is 1.50 bits per heavy atom. The molecule has 2 rings (SSSR count). The van der Waals surface area contributed by atoms with Crippen molar-refractivity contribution in [3.8, 4) is 0 Å². The molecule has 1 unspecified atom stereocenters. The molecule has 1 aromatic carbocycles. The Bertz CT molecular complexity index is 346. The predicted octanol–water partition coefficient (Wildman–Crippen LogP) is 2.76. The maximum atomic E-state index is 9.03. The van der Waals surface area contributed by atoms with Crippen molar-refractivity contribution in [1.82, 2.24) is 0 Å². The quantitative estimate of drug-likeness (QED) is 0.818. The molecule has 0 aromatic heterocycles. The van der Waals surface area contributed by atoms with Crippen LogP contribution in [0.1, 0.15) is 24.0 Å². The highest BCUT2D eigenvalue weighted by atomic mass is 32.2. The molecule has 0 aliphatic carbocycles. The third-order valence-corrected chi connectivity index (χ3v) is 4.18. The zero-order valence-electron chi connectivity index (χ0n) is 9.61. The molecule has 0 radical (unpaired) electrons. The van der Waals surface area contributed by atoms with Gasteiger partial charge >= 0.3 is 0 Å². The maximum Gasteiger partial charge on any atom is 0.0681 e. The van der Waals surface area contributed by atoms with Crippen molar-refractivity contribution in [3.63, 3.8) is 0 Å². The highest BCUT2D eigenvalue weighted by molar-refractivity contribution is 7.99. The van der Waals surface area contributed by atoms with Crippen molar-refractivity contribution < 1.29 is 9.84 Å². The highest BCUT2D eigenvalue weighted by Crippen LogP contribution is 2.27. The summed E-state index contributed by atoms with van der Waals surface area (Å²) < 4.78 is 5.60. The van der Waals surface area contributed by atoms with E-state index in [-0.39, 0.29) is 6.61 Å². The summed E-state index contributed by atoms with van der Waals surface area (Å²) in [5.74, 6) is 1.04. The van der Waals surface area contributed by atoms with Gasteiger partial charge in [-0.2, -0.15) is 0 Å². The van der Waals surface area contributed by atoms with Gasteiger partial charge in [0.2, 0.25) is 0 Å². The second-order valence-electron chi connectivity index (χ2n) is 4.20. The second-order valence-corrected chi connectivity index (χ2v) is 5.27. The van der Waals surface area contributed by atoms with Gasteiger partial charge in [-0.3, -0.25) is 0 Å². The SMILES string of the molecule is Cc1cc(CO)ccc1SCC1CCCO1. The number of rotatable bonds is 4. The molecule has 88 valence electrons. The lowest BCUT2D eigenvalue weighted by Crippen LogP contribution is -2.07. The molecule has 16 heavy (non-hydrogen) atoms. The number of benzene rings is 1. The van der Waals surface area contributed by atoms with Crippen LogP contribution >= 0.6 is 11.8 Å². The smallest absolute Gasteiger partial charge is 0.0681 e. The third kappa shape index (κ3) is 3.00. The normalized spacial score (nSPS) is 20.2. The number of ether oxygens (including phenoxy) is 1. The molecule has 1 atom stereocenters. The molecule has 2 nitrogen and oxygen atoms in total. The van der Waals surface area contributed by atoms with E-state index in [4.69, 9.17) is 9.84 Å². The van der Waals surface area contributed by atoms with Crippen molar-refractivity contribution in [2.24, 2.45) is 0 Å². The molecule has 0 bridgehead atoms. The molecule has 3 heteroatoms. The number of hydrogen-bond acceptors (Lipinski definition) is 3. The monoisotopic (exact) mass is 238 g/mol. The van der Waals surface area contributed by atoms with Gasteiger partial charge in [0, 0.05) is 17.3 Å². The summed E-state index contributed by atoms with van der Waals surface area (Å²) >= 11 is 1.86. The Labute approximate surface area is 101 Å². The highest BCUT2D eigenvalue weighted by Gasteiger charge is 2.15. The fourth-order valence-corrected chi connectivity index (χ4v) is 3.01. The first-order valence-corrected chi connectivity index (χ1v) is 6.73. The first-order chi connectivity index (χ1) is 7.79. The molecule has 1 aromatic rings. The maximum absolute atomic E-state index is 9.03. The van der Waals surface area contributed by atoms with E-state index in [1.165, 1.54) is 23.3 Å². The Kier molecular flexibility index (Phi) is 4.27. The van der Waals surface area contributed by atoms with E-state index in [2.05, 4.69) is 19.1 Å². The van der Waals surface area contributed by atoms with Gasteiger partial charge in [-0.05, 0) is 37.0 Å². The number of aryl methyl sites for hydroxylation is 1. The van der Waals surface area contributed by atoms with Crippen LogP contribution in [0.5, 0.6) is 0 Å². The second kappa shape index (κ2) is 5.71. The molecule has 1 fully saturated rings. The number of thioether (sulfide) groups is 1. The van der Waals surface area contributed by atoms with Gasteiger partial charge in [0.15, 0.2) is 0 Å². The van der Waals surface area contributed by atoms with E-state index in [9.17, 15) is 0 Å². The van der Waals surface area contributed by atoms with Gasteiger partial charge in [-0.25, -0.2) is 0 Å². The lowest BCUT2D eigenvalue weighted by Gasteiger charge is -2.11. The molecule has 1 heterocycles. The molecular formula is C13H18O2S. The molecule has 1 saturated heterocycles. The van der Waals surface area contributed by atoms with Crippen LogP contribution in [0.4, 0.5) is 0 Å². The predicted molar refractivity (Wildman–Crippen MR) is 66.8 cm³/mol. The average molecular weight is 238 g/mol. The van der Waals surface area contributed by atoms with Crippen molar-refractivity contribution in [2.45, 2.75) is 37.4 Å². The molecule has 1 aliphatic heterocycles. The van der Waals surface area contributed by atoms with Gasteiger partial charge in [-0.1, -0.05) is 12.1 Å². The Morgan fingerprint density at radius 3 is 3.00 bits per heavy atom. The lowest BCUT2D eigenvalue weighted by atomic mass is 10.1. The van der Waals surface area contributed by atoms with Crippen LogP contribution in [-0.2, 0) is 11.3 Å². The summed E-state index contributed by atoms with van der Waals surface area (Å²) in [5.41, 5.74) is 2.23. The van der Waals surface area contributed by atoms with Gasteiger partial charge in [-0.15, -0.1) is 11.8 Å². The minimum atomic E-state index is 0.123. The van der Waals surface area contributed by atoms with Crippen LogP contribution < -0.4 is 0 Å². The molecule has 0 saturated carbocycles. The van der Waals surface area contributed by atoms with E-state index < -0.39 is 0 Å². The first kappa shape index (κ1) is 12.0. The fraction of sp³-hybridized carbons (Fsp3) is 0.538. The van der Waals surface area contributed by atoms with Crippen LogP contribution in [0.3, 0.4) is 0 Å². The summed E-state index contributed by atoms with van der Waals surface area (Å²) in [6.45, 7) is 3.14. The molecule has 0 spiro atoms. The Hall–Kier alpha value is -0.510. The topological polar surface area (TPSA) is 29.5 Å². The minimum Gasteiger partial charge on any atom is -0.392 e. The van der Waals surface area contributed by atoms with Crippen LogP contribution in [0, 0.1) is 6.92 Å². The molecule has 0 amide bonds. The first-order valence-electron chi connectivity index (χ1n) is 5.74. The van der Waals surface area contributed by atoms with Crippen molar-refractivity contribution in [2.75, 3.05) is 12.4 Å². The van der Waals surface area contributed by atoms with E-state index in [1.807, 2.05) is 17.8 Å². The average Bonchev–Trinajstić information content (AvgIpc) is 2.80. The van der Waals surface area contributed by atoms with E-state index >= 15 is 0 Å². The van der Waals surface area contributed by atoms with Crippen LogP contribution in [0.15, 0.2) is 23.1 Å². The summed E-state index contributed by atoms with van der Waals surface area (Å²) in [4.78, 5) is 1.30. The zero-order chi connectivity index (χ0) is 11.4. The Morgan fingerprint density at radius 2 is 2.38 bits per heavy atom. The molecule has 1 aliphatic rings. The number of hydrogen-bond donors (Lipinski definition) is 1. The van der Waals surface area contributed by atoms with Crippen LogP contribution in [-0.4, -0.2) is 23.6 Å². The van der Waals surface area contributed by atoms with E-state index in [1.54, 1.807) is 0 Å². The summed E-state index contributed by atoms with van der Waals surface area (Å²) in [5, 5.41) is 9.03. The third-order valence-electron chi connectivity index (χ3n) is 2.87. The Balaban J connectivity index is 1.93. The van der Waals surface area contributed by atoms with Gasteiger partial charge in [0.25, 0.3) is 0 Å². The number of aliphatic hydroxyl groups excluding tert-OH is 1. The minimum absolute atomic E-state index is 0.123. The van der Waals surface area contributed by atoms with Crippen molar-refractivity contribution >= 4 is 11.8 Å². The molecular weight excluding hydrogens is 220 g/mol. The van der Waals surface area contributed by atoms with E-state index in [0.717, 1.165) is 17.9 Å². The fourth-order valence-electron chi connectivity index (χ4n) is 1.93. The summed E-state index contributed by atoms with van der Waals surface area (Å²) in [6, 6.07) is 6.14. The summed E-state index contributed by atoms with van der Waals surface area (Å²) in [7, 11) is 0.